The number of para-hydroxylation sites is 4. The van der Waals surface area contributed by atoms with Crippen molar-refractivity contribution >= 4 is 39.6 Å². The maximum atomic E-state index is 2.62. The predicted octanol–water partition coefficient (Wildman–Crippen LogP) is 17.4. The molecule has 0 heterocycles. The summed E-state index contributed by atoms with van der Waals surface area (Å²) in [4.78, 5) is 4.89. The van der Waals surface area contributed by atoms with Crippen LogP contribution in [0.2, 0.25) is 0 Å². The Balaban J connectivity index is 1.00. The van der Waals surface area contributed by atoms with Gasteiger partial charge in [-0.25, -0.2) is 0 Å². The average molecular weight is 979 g/mol. The lowest BCUT2D eigenvalue weighted by molar-refractivity contribution is 0.541. The summed E-state index contributed by atoms with van der Waals surface area (Å²) in [6, 6.07) is 77.0. The van der Waals surface area contributed by atoms with Gasteiger partial charge in [0.05, 0.1) is 0 Å². The Bertz CT molecular complexity index is 3860. The normalized spacial score (nSPS) is 20.1. The highest BCUT2D eigenvalue weighted by atomic mass is 15.2. The summed E-state index contributed by atoms with van der Waals surface area (Å²) in [5, 5.41) is 2.54. The van der Waals surface area contributed by atoms with Gasteiger partial charge in [0.2, 0.25) is 0 Å². The van der Waals surface area contributed by atoms with Gasteiger partial charge in [0.15, 0.2) is 0 Å². The van der Waals surface area contributed by atoms with E-state index in [9.17, 15) is 0 Å². The van der Waals surface area contributed by atoms with E-state index in [2.05, 4.69) is 286 Å². The molecule has 2 heteroatoms. The molecule has 368 valence electrons. The number of allylic oxidation sites excluding steroid dienone is 12. The monoisotopic (exact) mass is 978 g/mol. The smallest absolute Gasteiger partial charge is 0.0468 e. The molecule has 8 aromatic rings. The van der Waals surface area contributed by atoms with Crippen LogP contribution in [-0.2, 0) is 5.41 Å². The van der Waals surface area contributed by atoms with E-state index in [1.54, 1.807) is 11.1 Å². The molecule has 14 rings (SSSR count). The Morgan fingerprint density at radius 3 is 1.72 bits per heavy atom. The van der Waals surface area contributed by atoms with Crippen LogP contribution < -0.4 is 20.2 Å². The Kier molecular flexibility index (Phi) is 11.0. The second-order valence-electron chi connectivity index (χ2n) is 22.7. The van der Waals surface area contributed by atoms with Crippen molar-refractivity contribution in [1.29, 1.82) is 0 Å². The molecule has 6 aliphatic rings. The second kappa shape index (κ2) is 18.1. The molecular formula is C74H62N2. The van der Waals surface area contributed by atoms with Gasteiger partial charge in [-0.15, -0.1) is 0 Å². The van der Waals surface area contributed by atoms with Crippen LogP contribution >= 0.6 is 0 Å². The van der Waals surface area contributed by atoms with Crippen molar-refractivity contribution in [3.8, 4) is 11.1 Å². The Morgan fingerprint density at radius 1 is 0.447 bits per heavy atom. The average Bonchev–Trinajstić information content (AvgIpc) is 3.85. The lowest BCUT2D eigenvalue weighted by Gasteiger charge is -2.37. The number of hydrogen-bond donors (Lipinski definition) is 0. The van der Waals surface area contributed by atoms with Crippen molar-refractivity contribution in [2.24, 2.45) is 17.3 Å². The molecule has 0 bridgehead atoms. The number of rotatable bonds is 9. The summed E-state index contributed by atoms with van der Waals surface area (Å²) in [7, 11) is 0. The largest absolute Gasteiger partial charge is 0.314 e. The molecule has 2 nitrogen and oxygen atoms in total. The van der Waals surface area contributed by atoms with Crippen LogP contribution in [0, 0.1) is 17.3 Å². The summed E-state index contributed by atoms with van der Waals surface area (Å²) in [6.07, 6.45) is 20.1. The van der Waals surface area contributed by atoms with E-state index in [-0.39, 0.29) is 16.7 Å². The number of hydrogen-bond acceptors (Lipinski definition) is 2. The molecule has 6 aliphatic carbocycles. The highest BCUT2D eigenvalue weighted by Gasteiger charge is 2.45. The third-order valence-electron chi connectivity index (χ3n) is 17.8. The van der Waals surface area contributed by atoms with Crippen LogP contribution in [0.5, 0.6) is 0 Å². The van der Waals surface area contributed by atoms with Crippen LogP contribution in [-0.4, -0.2) is 0 Å². The van der Waals surface area contributed by atoms with Gasteiger partial charge in [0, 0.05) is 62.7 Å². The first kappa shape index (κ1) is 46.1. The highest BCUT2D eigenvalue weighted by molar-refractivity contribution is 5.92. The Morgan fingerprint density at radius 2 is 1.05 bits per heavy atom. The van der Waals surface area contributed by atoms with Gasteiger partial charge in [0.1, 0.15) is 0 Å². The van der Waals surface area contributed by atoms with Crippen molar-refractivity contribution in [1.82, 2.24) is 0 Å². The van der Waals surface area contributed by atoms with Crippen LogP contribution in [0.15, 0.2) is 277 Å². The zero-order valence-corrected chi connectivity index (χ0v) is 43.9. The molecule has 0 amide bonds. The first-order valence-electron chi connectivity index (χ1n) is 27.5. The van der Waals surface area contributed by atoms with Crippen molar-refractivity contribution < 1.29 is 0 Å². The van der Waals surface area contributed by atoms with Gasteiger partial charge < -0.3 is 9.80 Å². The van der Waals surface area contributed by atoms with Crippen LogP contribution in [0.25, 0.3) is 22.3 Å². The number of benzene rings is 8. The molecule has 76 heavy (non-hydrogen) atoms. The van der Waals surface area contributed by atoms with Crippen molar-refractivity contribution in [3.05, 3.63) is 315 Å². The fourth-order valence-electron chi connectivity index (χ4n) is 14.1. The zero-order valence-electron chi connectivity index (χ0n) is 43.9. The van der Waals surface area contributed by atoms with E-state index >= 15 is 0 Å². The molecule has 0 N–H and O–H groups in total. The predicted molar refractivity (Wildman–Crippen MR) is 318 cm³/mol. The summed E-state index contributed by atoms with van der Waals surface area (Å²) in [6.45, 7) is 9.68. The quantitative estimate of drug-likeness (QED) is 0.142. The highest BCUT2D eigenvalue weighted by Crippen LogP contribution is 2.58. The zero-order chi connectivity index (χ0) is 51.1. The van der Waals surface area contributed by atoms with E-state index in [0.717, 1.165) is 47.7 Å². The molecule has 0 saturated heterocycles. The molecule has 3 unspecified atom stereocenters. The number of fused-ring (bicyclic) bond motifs is 8. The summed E-state index contributed by atoms with van der Waals surface area (Å²) in [5.74, 6) is 0.899. The summed E-state index contributed by atoms with van der Waals surface area (Å²) >= 11 is 0. The van der Waals surface area contributed by atoms with Crippen LogP contribution in [0.3, 0.4) is 0 Å². The topological polar surface area (TPSA) is 6.48 Å². The molecule has 1 fully saturated rings. The Labute approximate surface area is 448 Å². The number of nitrogens with zero attached hydrogens (tertiary/aromatic N) is 2. The third kappa shape index (κ3) is 7.44. The lowest BCUT2D eigenvalue weighted by Crippen LogP contribution is -2.39. The van der Waals surface area contributed by atoms with Gasteiger partial charge in [-0.05, 0) is 169 Å². The standard InChI is InChI=1S/C74H62N2/c1-73(2)67-31-19-17-29-59(67)61-41-37-51(45-69(61)73)49-33-35-50(36-34-49)71-63-43-39-58(76(55-25-13-7-14-26-55)56-27-15-8-16-28-56)48-66(63)72(52-38-42-62-60-30-18-20-32-68(60)74(3,4)70(62)46-52)64-44-40-57(47-65(64)71)75(53-21-9-5-10-22-53)54-23-11-6-12-24-54/h5-28,30-36,38-46,48,51,59,65H,29,37,47H2,1-4H3. The minimum atomic E-state index is -0.149. The van der Waals surface area contributed by atoms with E-state index in [1.807, 2.05) is 0 Å². The van der Waals surface area contributed by atoms with Gasteiger partial charge in [-0.1, -0.05) is 209 Å². The van der Waals surface area contributed by atoms with Crippen molar-refractivity contribution in [3.63, 3.8) is 0 Å². The Hall–Kier alpha value is -8.46. The van der Waals surface area contributed by atoms with E-state index in [0.29, 0.717) is 11.8 Å². The minimum Gasteiger partial charge on any atom is -0.314 e. The first-order valence-corrected chi connectivity index (χ1v) is 27.5. The fourth-order valence-corrected chi connectivity index (χ4v) is 14.1. The summed E-state index contributed by atoms with van der Waals surface area (Å²) < 4.78 is 0. The molecule has 8 aromatic carbocycles. The third-order valence-corrected chi connectivity index (χ3v) is 17.8. The minimum absolute atomic E-state index is 0.0338. The van der Waals surface area contributed by atoms with Gasteiger partial charge in [0.25, 0.3) is 0 Å². The molecular weight excluding hydrogens is 917 g/mol. The van der Waals surface area contributed by atoms with Crippen molar-refractivity contribution in [2.45, 2.75) is 58.3 Å². The van der Waals surface area contributed by atoms with Crippen LogP contribution in [0.1, 0.15) is 80.7 Å². The van der Waals surface area contributed by atoms with E-state index in [1.165, 1.54) is 77.4 Å². The summed E-state index contributed by atoms with van der Waals surface area (Å²) in [5.41, 5.74) is 24.9. The first-order chi connectivity index (χ1) is 37.2. The van der Waals surface area contributed by atoms with Gasteiger partial charge >= 0.3 is 0 Å². The van der Waals surface area contributed by atoms with Crippen LogP contribution in [0.4, 0.5) is 28.4 Å². The second-order valence-corrected chi connectivity index (χ2v) is 22.7. The maximum Gasteiger partial charge on any atom is 0.0468 e. The maximum absolute atomic E-state index is 2.62. The fraction of sp³-hybridized carbons (Fsp3) is 0.162. The molecule has 0 aromatic heterocycles. The molecule has 0 radical (unpaired) electrons. The molecule has 0 aliphatic heterocycles. The van der Waals surface area contributed by atoms with E-state index in [4.69, 9.17) is 0 Å². The molecule has 0 spiro atoms. The SMILES string of the molecule is CC1(C)C2=CC(c3ccc(C4=c5ccc(N(c6ccccc6)c6ccccc6)cc5=C(c5ccc6c(c5)C(C)(C)c5ccccc5-6)C5=CC=C(N(c6ccccc6)c6ccccc6)CC54)cc3)CC=C2C2CC=CC=C21. The van der Waals surface area contributed by atoms with Crippen molar-refractivity contribution in [2.75, 3.05) is 9.80 Å². The van der Waals surface area contributed by atoms with E-state index < -0.39 is 0 Å². The lowest BCUT2D eigenvalue weighted by atomic mass is 9.71. The number of anilines is 5. The molecule has 3 atom stereocenters. The van der Waals surface area contributed by atoms with Gasteiger partial charge in [-0.3, -0.25) is 0 Å². The molecule has 1 saturated carbocycles. The van der Waals surface area contributed by atoms with Gasteiger partial charge in [-0.2, -0.15) is 0 Å².